The molecule has 1 heterocycles. The van der Waals surface area contributed by atoms with Crippen molar-refractivity contribution in [1.82, 2.24) is 20.6 Å². The minimum Gasteiger partial charge on any atom is -0.356 e. The summed E-state index contributed by atoms with van der Waals surface area (Å²) in [5, 5.41) is 6.62. The quantitative estimate of drug-likeness (QED) is 0.139. The van der Waals surface area contributed by atoms with E-state index in [1.54, 1.807) is 18.8 Å². The number of hydrogen-bond acceptors (Lipinski definition) is 3. The van der Waals surface area contributed by atoms with E-state index in [2.05, 4.69) is 25.6 Å². The van der Waals surface area contributed by atoms with Crippen molar-refractivity contribution < 1.29 is 4.39 Å². The lowest BCUT2D eigenvalue weighted by Gasteiger charge is -2.11. The fraction of sp³-hybridized carbons (Fsp3) is 0.300. The molecule has 2 aromatic carbocycles. The monoisotopic (exact) mass is 513 g/mol. The molecular formula is C20H25FIN5S. The fourth-order valence-electron chi connectivity index (χ4n) is 2.64. The Kier molecular flexibility index (Phi) is 9.56. The Morgan fingerprint density at radius 2 is 1.86 bits per heavy atom. The zero-order valence-corrected chi connectivity index (χ0v) is 18.9. The molecule has 0 aliphatic carbocycles. The number of aromatic amines is 1. The van der Waals surface area contributed by atoms with Crippen LogP contribution in [0.1, 0.15) is 12.2 Å². The first kappa shape index (κ1) is 22.5. The van der Waals surface area contributed by atoms with Crippen LogP contribution in [0.15, 0.2) is 58.4 Å². The summed E-state index contributed by atoms with van der Waals surface area (Å²) in [6, 6.07) is 14.6. The maximum atomic E-state index is 12.9. The molecule has 0 aliphatic rings. The van der Waals surface area contributed by atoms with Gasteiger partial charge in [0.25, 0.3) is 0 Å². The summed E-state index contributed by atoms with van der Waals surface area (Å²) < 4.78 is 12.9. The number of para-hydroxylation sites is 2. The van der Waals surface area contributed by atoms with Gasteiger partial charge in [-0.15, -0.1) is 35.7 Å². The number of halogens is 2. The molecule has 0 fully saturated rings. The van der Waals surface area contributed by atoms with Gasteiger partial charge >= 0.3 is 0 Å². The third-order valence-corrected chi connectivity index (χ3v) is 5.11. The molecular weight excluding hydrogens is 488 g/mol. The van der Waals surface area contributed by atoms with Crippen molar-refractivity contribution in [3.05, 3.63) is 60.2 Å². The predicted octanol–water partition coefficient (Wildman–Crippen LogP) is 4.21. The van der Waals surface area contributed by atoms with Crippen LogP contribution >= 0.6 is 35.7 Å². The highest BCUT2D eigenvalue weighted by Gasteiger charge is 2.03. The molecule has 5 nitrogen and oxygen atoms in total. The number of benzene rings is 2. The third-order valence-electron chi connectivity index (χ3n) is 4.01. The largest absolute Gasteiger partial charge is 0.356 e. The van der Waals surface area contributed by atoms with Gasteiger partial charge in [0, 0.05) is 31.5 Å². The molecule has 0 spiro atoms. The summed E-state index contributed by atoms with van der Waals surface area (Å²) in [4.78, 5) is 13.2. The molecule has 0 radical (unpaired) electrons. The molecule has 0 aliphatic heterocycles. The Morgan fingerprint density at radius 1 is 1.11 bits per heavy atom. The predicted molar refractivity (Wildman–Crippen MR) is 126 cm³/mol. The highest BCUT2D eigenvalue weighted by molar-refractivity contribution is 14.0. The molecule has 3 N–H and O–H groups in total. The van der Waals surface area contributed by atoms with Gasteiger partial charge in [-0.25, -0.2) is 9.37 Å². The Labute approximate surface area is 186 Å². The van der Waals surface area contributed by atoms with Crippen LogP contribution in [0.3, 0.4) is 0 Å². The summed E-state index contributed by atoms with van der Waals surface area (Å²) in [7, 11) is 1.77. The molecule has 0 bridgehead atoms. The smallest absolute Gasteiger partial charge is 0.190 e. The minimum absolute atomic E-state index is 0. The van der Waals surface area contributed by atoms with E-state index in [1.165, 1.54) is 12.1 Å². The Balaban J connectivity index is 0.00000280. The number of nitrogens with one attached hydrogen (secondary N) is 3. The van der Waals surface area contributed by atoms with Crippen LogP contribution in [0.5, 0.6) is 0 Å². The van der Waals surface area contributed by atoms with Gasteiger partial charge in [-0.05, 0) is 48.6 Å². The number of fused-ring (bicyclic) bond motifs is 1. The van der Waals surface area contributed by atoms with E-state index >= 15 is 0 Å². The van der Waals surface area contributed by atoms with Gasteiger partial charge in [0.1, 0.15) is 11.6 Å². The number of rotatable bonds is 8. The van der Waals surface area contributed by atoms with Crippen molar-refractivity contribution in [1.29, 1.82) is 0 Å². The maximum absolute atomic E-state index is 12.9. The molecule has 0 unspecified atom stereocenters. The molecule has 28 heavy (non-hydrogen) atoms. The van der Waals surface area contributed by atoms with Crippen LogP contribution in [0.25, 0.3) is 11.0 Å². The molecule has 0 saturated carbocycles. The van der Waals surface area contributed by atoms with E-state index < -0.39 is 0 Å². The SMILES string of the molecule is CN=C(NCCCSc1ccc(F)cc1)NCCc1nc2ccccc2[nH]1.I. The molecule has 8 heteroatoms. The van der Waals surface area contributed by atoms with Gasteiger partial charge in [-0.2, -0.15) is 0 Å². The average molecular weight is 513 g/mol. The molecule has 3 aromatic rings. The lowest BCUT2D eigenvalue weighted by molar-refractivity contribution is 0.626. The normalized spacial score (nSPS) is 11.3. The number of H-pyrrole nitrogens is 1. The Morgan fingerprint density at radius 3 is 2.61 bits per heavy atom. The Bertz CT molecular complexity index is 849. The van der Waals surface area contributed by atoms with Crippen LogP contribution in [-0.4, -0.2) is 41.8 Å². The number of guanidine groups is 1. The summed E-state index contributed by atoms with van der Waals surface area (Å²) >= 11 is 1.73. The maximum Gasteiger partial charge on any atom is 0.190 e. The average Bonchev–Trinajstić information content (AvgIpc) is 3.10. The van der Waals surface area contributed by atoms with Crippen LogP contribution in [-0.2, 0) is 6.42 Å². The second kappa shape index (κ2) is 11.9. The summed E-state index contributed by atoms with van der Waals surface area (Å²) in [5.41, 5.74) is 2.06. The van der Waals surface area contributed by atoms with Gasteiger partial charge in [-0.1, -0.05) is 12.1 Å². The highest BCUT2D eigenvalue weighted by atomic mass is 127. The first-order valence-electron chi connectivity index (χ1n) is 9.01. The molecule has 1 aromatic heterocycles. The Hall–Kier alpha value is -1.81. The van der Waals surface area contributed by atoms with Gasteiger partial charge in [-0.3, -0.25) is 4.99 Å². The molecule has 150 valence electrons. The fourth-order valence-corrected chi connectivity index (χ4v) is 3.50. The van der Waals surface area contributed by atoms with E-state index in [0.717, 1.165) is 59.4 Å². The standard InChI is InChI=1S/C20H24FN5S.HI/c1-22-20(23-12-4-14-27-16-9-7-15(21)8-10-16)24-13-11-19-25-17-5-2-3-6-18(17)26-19;/h2-3,5-10H,4,11-14H2,1H3,(H,25,26)(H2,22,23,24);1H. The number of nitrogens with zero attached hydrogens (tertiary/aromatic N) is 2. The van der Waals surface area contributed by atoms with Crippen LogP contribution in [0.2, 0.25) is 0 Å². The van der Waals surface area contributed by atoms with Gasteiger partial charge in [0.2, 0.25) is 0 Å². The van der Waals surface area contributed by atoms with Crippen molar-refractivity contribution in [3.8, 4) is 0 Å². The second-order valence-electron chi connectivity index (χ2n) is 6.03. The number of aliphatic imine (C=N–C) groups is 1. The summed E-state index contributed by atoms with van der Waals surface area (Å²) in [6.07, 6.45) is 1.79. The minimum atomic E-state index is -0.196. The highest BCUT2D eigenvalue weighted by Crippen LogP contribution is 2.18. The number of thioether (sulfide) groups is 1. The third kappa shape index (κ3) is 6.97. The lowest BCUT2D eigenvalue weighted by Crippen LogP contribution is -2.38. The van der Waals surface area contributed by atoms with Crippen molar-refractivity contribution in [3.63, 3.8) is 0 Å². The summed E-state index contributed by atoms with van der Waals surface area (Å²) in [5.74, 6) is 2.53. The zero-order valence-electron chi connectivity index (χ0n) is 15.7. The molecule has 3 rings (SSSR count). The first-order chi connectivity index (χ1) is 13.2. The van der Waals surface area contributed by atoms with E-state index in [9.17, 15) is 4.39 Å². The van der Waals surface area contributed by atoms with Gasteiger partial charge < -0.3 is 15.6 Å². The van der Waals surface area contributed by atoms with Crippen molar-refractivity contribution in [2.75, 3.05) is 25.9 Å². The van der Waals surface area contributed by atoms with Crippen molar-refractivity contribution >= 4 is 52.7 Å². The van der Waals surface area contributed by atoms with Crippen LogP contribution < -0.4 is 10.6 Å². The topological polar surface area (TPSA) is 65.1 Å². The van der Waals surface area contributed by atoms with E-state index in [1.807, 2.05) is 36.4 Å². The number of hydrogen-bond donors (Lipinski definition) is 3. The molecule has 0 amide bonds. The zero-order chi connectivity index (χ0) is 18.9. The van der Waals surface area contributed by atoms with E-state index in [0.29, 0.717) is 0 Å². The van der Waals surface area contributed by atoms with Crippen molar-refractivity contribution in [2.45, 2.75) is 17.7 Å². The number of aromatic nitrogens is 2. The van der Waals surface area contributed by atoms with Crippen LogP contribution in [0, 0.1) is 5.82 Å². The molecule has 0 atom stereocenters. The second-order valence-corrected chi connectivity index (χ2v) is 7.20. The van der Waals surface area contributed by atoms with Crippen LogP contribution in [0.4, 0.5) is 4.39 Å². The summed E-state index contributed by atoms with van der Waals surface area (Å²) in [6.45, 7) is 1.59. The first-order valence-corrected chi connectivity index (χ1v) is 9.99. The van der Waals surface area contributed by atoms with Gasteiger partial charge in [0.15, 0.2) is 5.96 Å². The van der Waals surface area contributed by atoms with Gasteiger partial charge in [0.05, 0.1) is 11.0 Å². The lowest BCUT2D eigenvalue weighted by atomic mass is 10.3. The number of imidazole rings is 1. The van der Waals surface area contributed by atoms with E-state index in [4.69, 9.17) is 0 Å². The van der Waals surface area contributed by atoms with E-state index in [-0.39, 0.29) is 29.8 Å². The van der Waals surface area contributed by atoms with Crippen molar-refractivity contribution in [2.24, 2.45) is 4.99 Å². The molecule has 0 saturated heterocycles.